The number of hydrogen-bond acceptors (Lipinski definition) is 3. The van der Waals surface area contributed by atoms with Crippen LogP contribution in [0.5, 0.6) is 0 Å². The molecule has 4 nitrogen and oxygen atoms in total. The first kappa shape index (κ1) is 15.2. The molecule has 0 atom stereocenters. The van der Waals surface area contributed by atoms with Crippen molar-refractivity contribution in [1.82, 2.24) is 14.6 Å². The summed E-state index contributed by atoms with van der Waals surface area (Å²) in [6, 6.07) is 13.1. The molecular formula is C20H24N4. The lowest BCUT2D eigenvalue weighted by molar-refractivity contribution is 0.461. The predicted molar refractivity (Wildman–Crippen MR) is 98.4 cm³/mol. The molecule has 0 spiro atoms. The molecule has 1 aliphatic carbocycles. The van der Waals surface area contributed by atoms with Crippen molar-refractivity contribution >= 4 is 11.5 Å². The zero-order valence-corrected chi connectivity index (χ0v) is 14.4. The van der Waals surface area contributed by atoms with Gasteiger partial charge in [-0.2, -0.15) is 9.61 Å². The van der Waals surface area contributed by atoms with E-state index in [1.807, 2.05) is 10.6 Å². The standard InChI is InChI=1S/C20H24N4/c1-14-13-18(22-17-11-7-4-8-12-17)24-20(21-14)19(15(2)23-24)16-9-5-3-6-10-16/h3,5-6,9-10,13,17,22H,4,7-8,11-12H2,1-2H3. The van der Waals surface area contributed by atoms with E-state index >= 15 is 0 Å². The topological polar surface area (TPSA) is 42.2 Å². The number of benzene rings is 1. The summed E-state index contributed by atoms with van der Waals surface area (Å²) in [5.74, 6) is 1.06. The van der Waals surface area contributed by atoms with Gasteiger partial charge in [-0.05, 0) is 32.3 Å². The molecule has 1 aromatic carbocycles. The van der Waals surface area contributed by atoms with Crippen molar-refractivity contribution in [3.05, 3.63) is 47.8 Å². The van der Waals surface area contributed by atoms with Crippen LogP contribution in [0.25, 0.3) is 16.8 Å². The fourth-order valence-corrected chi connectivity index (χ4v) is 3.75. The van der Waals surface area contributed by atoms with Gasteiger partial charge in [-0.3, -0.25) is 0 Å². The van der Waals surface area contributed by atoms with Crippen molar-refractivity contribution in [2.24, 2.45) is 0 Å². The minimum atomic E-state index is 0.549. The maximum atomic E-state index is 4.79. The molecule has 1 fully saturated rings. The van der Waals surface area contributed by atoms with E-state index in [9.17, 15) is 0 Å². The smallest absolute Gasteiger partial charge is 0.165 e. The lowest BCUT2D eigenvalue weighted by atomic mass is 9.95. The number of nitrogens with one attached hydrogen (secondary N) is 1. The lowest BCUT2D eigenvalue weighted by Gasteiger charge is -2.24. The van der Waals surface area contributed by atoms with Gasteiger partial charge in [0.15, 0.2) is 5.65 Å². The number of hydrogen-bond donors (Lipinski definition) is 1. The lowest BCUT2D eigenvalue weighted by Crippen LogP contribution is -2.24. The molecule has 0 aliphatic heterocycles. The highest BCUT2D eigenvalue weighted by Gasteiger charge is 2.18. The normalized spacial score (nSPS) is 15.8. The van der Waals surface area contributed by atoms with Gasteiger partial charge < -0.3 is 5.32 Å². The summed E-state index contributed by atoms with van der Waals surface area (Å²) in [7, 11) is 0. The molecule has 2 heterocycles. The van der Waals surface area contributed by atoms with Crippen LogP contribution in [-0.2, 0) is 0 Å². The van der Waals surface area contributed by atoms with Crippen LogP contribution in [0.3, 0.4) is 0 Å². The largest absolute Gasteiger partial charge is 0.367 e. The molecule has 24 heavy (non-hydrogen) atoms. The summed E-state index contributed by atoms with van der Waals surface area (Å²) in [5, 5.41) is 8.50. The van der Waals surface area contributed by atoms with E-state index in [1.165, 1.54) is 37.7 Å². The Morgan fingerprint density at radius 2 is 1.79 bits per heavy atom. The number of fused-ring (bicyclic) bond motifs is 1. The van der Waals surface area contributed by atoms with E-state index in [2.05, 4.69) is 49.5 Å². The maximum absolute atomic E-state index is 4.79. The summed E-state index contributed by atoms with van der Waals surface area (Å²) in [4.78, 5) is 4.79. The Kier molecular flexibility index (Phi) is 3.97. The Hall–Kier alpha value is -2.36. The summed E-state index contributed by atoms with van der Waals surface area (Å²) >= 11 is 0. The molecule has 0 amide bonds. The van der Waals surface area contributed by atoms with E-state index in [1.54, 1.807) is 0 Å². The zero-order valence-electron chi connectivity index (χ0n) is 14.4. The second-order valence-corrected chi connectivity index (χ2v) is 6.82. The van der Waals surface area contributed by atoms with Gasteiger partial charge in [0.2, 0.25) is 0 Å². The molecule has 1 saturated carbocycles. The van der Waals surface area contributed by atoms with Crippen LogP contribution in [0.1, 0.15) is 43.5 Å². The number of nitrogens with zero attached hydrogens (tertiary/aromatic N) is 3. The minimum Gasteiger partial charge on any atom is -0.367 e. The third-order valence-corrected chi connectivity index (χ3v) is 4.91. The average Bonchev–Trinajstić information content (AvgIpc) is 2.93. The average molecular weight is 320 g/mol. The Bertz CT molecular complexity index is 845. The van der Waals surface area contributed by atoms with Gasteiger partial charge in [0.05, 0.1) is 5.69 Å². The van der Waals surface area contributed by atoms with Gasteiger partial charge in [0.25, 0.3) is 0 Å². The van der Waals surface area contributed by atoms with Crippen molar-refractivity contribution in [2.75, 3.05) is 5.32 Å². The van der Waals surface area contributed by atoms with Crippen molar-refractivity contribution in [3.8, 4) is 11.1 Å². The van der Waals surface area contributed by atoms with E-state index in [0.717, 1.165) is 28.4 Å². The summed E-state index contributed by atoms with van der Waals surface area (Å²) in [5.41, 5.74) is 5.29. The Labute approximate surface area is 142 Å². The molecule has 0 unspecified atom stereocenters. The van der Waals surface area contributed by atoms with Crippen LogP contribution >= 0.6 is 0 Å². The van der Waals surface area contributed by atoms with Gasteiger partial charge in [0, 0.05) is 23.4 Å². The van der Waals surface area contributed by atoms with Crippen molar-refractivity contribution in [2.45, 2.75) is 52.0 Å². The molecular weight excluding hydrogens is 296 g/mol. The molecule has 0 radical (unpaired) electrons. The van der Waals surface area contributed by atoms with Gasteiger partial charge in [0.1, 0.15) is 5.82 Å². The van der Waals surface area contributed by atoms with E-state index < -0.39 is 0 Å². The molecule has 3 aromatic rings. The summed E-state index contributed by atoms with van der Waals surface area (Å²) < 4.78 is 1.99. The van der Waals surface area contributed by atoms with Crippen LogP contribution < -0.4 is 5.32 Å². The molecule has 1 N–H and O–H groups in total. The Morgan fingerprint density at radius 3 is 2.54 bits per heavy atom. The first-order chi connectivity index (χ1) is 11.7. The van der Waals surface area contributed by atoms with Gasteiger partial charge in [-0.1, -0.05) is 49.6 Å². The minimum absolute atomic E-state index is 0.549. The fraction of sp³-hybridized carbons (Fsp3) is 0.400. The molecule has 0 saturated heterocycles. The zero-order chi connectivity index (χ0) is 16.5. The number of anilines is 1. The van der Waals surface area contributed by atoms with Gasteiger partial charge in [-0.25, -0.2) is 4.98 Å². The highest BCUT2D eigenvalue weighted by Crippen LogP contribution is 2.30. The van der Waals surface area contributed by atoms with E-state index in [-0.39, 0.29) is 0 Å². The quantitative estimate of drug-likeness (QED) is 0.756. The molecule has 4 heteroatoms. The number of aryl methyl sites for hydroxylation is 2. The molecule has 0 bridgehead atoms. The number of rotatable bonds is 3. The second-order valence-electron chi connectivity index (χ2n) is 6.82. The van der Waals surface area contributed by atoms with Gasteiger partial charge >= 0.3 is 0 Å². The van der Waals surface area contributed by atoms with Crippen LogP contribution in [0.15, 0.2) is 36.4 Å². The van der Waals surface area contributed by atoms with E-state index in [4.69, 9.17) is 10.1 Å². The van der Waals surface area contributed by atoms with Crippen molar-refractivity contribution < 1.29 is 0 Å². The van der Waals surface area contributed by atoms with Crippen LogP contribution in [0.2, 0.25) is 0 Å². The third kappa shape index (κ3) is 2.77. The van der Waals surface area contributed by atoms with Crippen molar-refractivity contribution in [1.29, 1.82) is 0 Å². The first-order valence-corrected chi connectivity index (χ1v) is 8.91. The molecule has 2 aromatic heterocycles. The summed E-state index contributed by atoms with van der Waals surface area (Å²) in [6.07, 6.45) is 6.49. The van der Waals surface area contributed by atoms with Crippen LogP contribution in [0.4, 0.5) is 5.82 Å². The highest BCUT2D eigenvalue weighted by molar-refractivity contribution is 5.80. The molecule has 124 valence electrons. The SMILES string of the molecule is Cc1cc(NC2CCCCC2)n2nc(C)c(-c3ccccc3)c2n1. The Balaban J connectivity index is 1.81. The Morgan fingerprint density at radius 1 is 1.04 bits per heavy atom. The third-order valence-electron chi connectivity index (χ3n) is 4.91. The maximum Gasteiger partial charge on any atom is 0.165 e. The first-order valence-electron chi connectivity index (χ1n) is 8.91. The monoisotopic (exact) mass is 320 g/mol. The predicted octanol–water partition coefficient (Wildman–Crippen LogP) is 4.76. The highest BCUT2D eigenvalue weighted by atomic mass is 15.3. The van der Waals surface area contributed by atoms with Crippen LogP contribution in [-0.4, -0.2) is 20.6 Å². The number of aromatic nitrogens is 3. The van der Waals surface area contributed by atoms with Gasteiger partial charge in [-0.15, -0.1) is 0 Å². The molecule has 4 rings (SSSR count). The second kappa shape index (κ2) is 6.27. The van der Waals surface area contributed by atoms with E-state index in [0.29, 0.717) is 6.04 Å². The fourth-order valence-electron chi connectivity index (χ4n) is 3.75. The van der Waals surface area contributed by atoms with Crippen molar-refractivity contribution in [3.63, 3.8) is 0 Å². The summed E-state index contributed by atoms with van der Waals surface area (Å²) in [6.45, 7) is 4.12. The molecule has 1 aliphatic rings. The van der Waals surface area contributed by atoms with Crippen LogP contribution in [0, 0.1) is 13.8 Å².